The number of likely N-dealkylation sites (N-methyl/N-ethyl adjacent to an activating group) is 2. The Labute approximate surface area is 119 Å². The average Bonchev–Trinajstić information content (AvgIpc) is 2.41. The summed E-state index contributed by atoms with van der Waals surface area (Å²) >= 11 is 0. The predicted octanol–water partition coefficient (Wildman–Crippen LogP) is 1.99. The number of hydrogen-bond donors (Lipinski definition) is 1. The van der Waals surface area contributed by atoms with E-state index in [9.17, 15) is 8.78 Å². The van der Waals surface area contributed by atoms with Crippen molar-refractivity contribution in [3.63, 3.8) is 0 Å². The Morgan fingerprint density at radius 3 is 2.90 bits per heavy atom. The van der Waals surface area contributed by atoms with Crippen LogP contribution >= 0.6 is 0 Å². The predicted molar refractivity (Wildman–Crippen MR) is 76.4 cm³/mol. The Hall–Kier alpha value is -1.04. The van der Waals surface area contributed by atoms with Gasteiger partial charge in [-0.2, -0.15) is 0 Å². The van der Waals surface area contributed by atoms with Crippen LogP contribution in [0, 0.1) is 11.6 Å². The van der Waals surface area contributed by atoms with Gasteiger partial charge in [0.1, 0.15) is 0 Å². The van der Waals surface area contributed by atoms with Crippen molar-refractivity contribution in [2.24, 2.45) is 5.73 Å². The van der Waals surface area contributed by atoms with Gasteiger partial charge in [-0.25, -0.2) is 8.78 Å². The lowest BCUT2D eigenvalue weighted by molar-refractivity contribution is 0.129. The Kier molecular flexibility index (Phi) is 5.07. The SMILES string of the molecule is CN1CCCC(N(C)CC(N)c2cccc(F)c2F)C1. The van der Waals surface area contributed by atoms with E-state index >= 15 is 0 Å². The van der Waals surface area contributed by atoms with Crippen molar-refractivity contribution < 1.29 is 8.78 Å². The summed E-state index contributed by atoms with van der Waals surface area (Å²) in [5, 5.41) is 0. The van der Waals surface area contributed by atoms with Crippen molar-refractivity contribution in [2.45, 2.75) is 24.9 Å². The third kappa shape index (κ3) is 3.53. The number of nitrogens with two attached hydrogens (primary N) is 1. The second-order valence-electron chi connectivity index (χ2n) is 5.75. The summed E-state index contributed by atoms with van der Waals surface area (Å²) in [6.45, 7) is 2.64. The molecule has 1 aliphatic rings. The molecule has 1 fully saturated rings. The first-order chi connectivity index (χ1) is 9.49. The molecule has 2 atom stereocenters. The number of rotatable bonds is 4. The van der Waals surface area contributed by atoms with E-state index in [1.165, 1.54) is 6.07 Å². The molecule has 1 aromatic rings. The third-order valence-electron chi connectivity index (χ3n) is 4.09. The van der Waals surface area contributed by atoms with Crippen LogP contribution in [-0.4, -0.2) is 49.6 Å². The van der Waals surface area contributed by atoms with Crippen LogP contribution < -0.4 is 5.73 Å². The zero-order valence-corrected chi connectivity index (χ0v) is 12.1. The van der Waals surface area contributed by atoms with Crippen molar-refractivity contribution in [2.75, 3.05) is 33.7 Å². The lowest BCUT2D eigenvalue weighted by Crippen LogP contribution is -2.46. The smallest absolute Gasteiger partial charge is 0.163 e. The highest BCUT2D eigenvalue weighted by atomic mass is 19.2. The molecule has 1 aromatic carbocycles. The van der Waals surface area contributed by atoms with Gasteiger partial charge in [-0.1, -0.05) is 12.1 Å². The first kappa shape index (κ1) is 15.4. The van der Waals surface area contributed by atoms with Crippen LogP contribution in [0.4, 0.5) is 8.78 Å². The number of likely N-dealkylation sites (tertiary alicyclic amines) is 1. The fourth-order valence-corrected chi connectivity index (χ4v) is 2.86. The van der Waals surface area contributed by atoms with Crippen molar-refractivity contribution >= 4 is 0 Å². The quantitative estimate of drug-likeness (QED) is 0.917. The van der Waals surface area contributed by atoms with Gasteiger partial charge in [0.05, 0.1) is 0 Å². The highest BCUT2D eigenvalue weighted by Gasteiger charge is 2.24. The Bertz CT molecular complexity index is 453. The molecule has 20 heavy (non-hydrogen) atoms. The minimum Gasteiger partial charge on any atom is -0.323 e. The highest BCUT2D eigenvalue weighted by Crippen LogP contribution is 2.20. The van der Waals surface area contributed by atoms with Gasteiger partial charge in [-0.15, -0.1) is 0 Å². The average molecular weight is 283 g/mol. The van der Waals surface area contributed by atoms with Crippen molar-refractivity contribution in [3.8, 4) is 0 Å². The van der Waals surface area contributed by atoms with Gasteiger partial charge >= 0.3 is 0 Å². The van der Waals surface area contributed by atoms with Crippen molar-refractivity contribution in [1.29, 1.82) is 0 Å². The van der Waals surface area contributed by atoms with Gasteiger partial charge in [0.25, 0.3) is 0 Å². The van der Waals surface area contributed by atoms with E-state index in [1.807, 2.05) is 7.05 Å². The highest BCUT2D eigenvalue weighted by molar-refractivity contribution is 5.22. The molecule has 5 heteroatoms. The third-order valence-corrected chi connectivity index (χ3v) is 4.09. The molecule has 2 unspecified atom stereocenters. The maximum atomic E-state index is 13.7. The molecule has 3 nitrogen and oxygen atoms in total. The summed E-state index contributed by atoms with van der Waals surface area (Å²) in [5.41, 5.74) is 6.30. The van der Waals surface area contributed by atoms with E-state index in [0.29, 0.717) is 12.6 Å². The summed E-state index contributed by atoms with van der Waals surface area (Å²) in [5.74, 6) is -1.66. The summed E-state index contributed by atoms with van der Waals surface area (Å²) < 4.78 is 27.0. The molecule has 1 saturated heterocycles. The van der Waals surface area contributed by atoms with Gasteiger partial charge in [0.15, 0.2) is 11.6 Å². The van der Waals surface area contributed by atoms with Gasteiger partial charge in [-0.05, 0) is 39.5 Å². The van der Waals surface area contributed by atoms with E-state index < -0.39 is 17.7 Å². The first-order valence-electron chi connectivity index (χ1n) is 7.07. The normalized spacial score (nSPS) is 22.2. The topological polar surface area (TPSA) is 32.5 Å². The largest absolute Gasteiger partial charge is 0.323 e. The number of halogens is 2. The number of hydrogen-bond acceptors (Lipinski definition) is 3. The maximum absolute atomic E-state index is 13.7. The molecule has 0 radical (unpaired) electrons. The van der Waals surface area contributed by atoms with Crippen LogP contribution in [0.2, 0.25) is 0 Å². The number of benzene rings is 1. The second-order valence-corrected chi connectivity index (χ2v) is 5.75. The fourth-order valence-electron chi connectivity index (χ4n) is 2.86. The summed E-state index contributed by atoms with van der Waals surface area (Å²) in [7, 11) is 4.10. The molecule has 1 heterocycles. The Balaban J connectivity index is 1.99. The molecule has 0 aliphatic carbocycles. The lowest BCUT2D eigenvalue weighted by Gasteiger charge is -2.37. The molecular formula is C15H23F2N3. The molecule has 112 valence electrons. The summed E-state index contributed by atoms with van der Waals surface area (Å²) in [6.07, 6.45) is 2.29. The summed E-state index contributed by atoms with van der Waals surface area (Å²) in [4.78, 5) is 4.45. The zero-order valence-electron chi connectivity index (χ0n) is 12.1. The van der Waals surface area contributed by atoms with E-state index in [2.05, 4.69) is 16.8 Å². The molecule has 0 saturated carbocycles. The van der Waals surface area contributed by atoms with Gasteiger partial charge in [-0.3, -0.25) is 0 Å². The van der Waals surface area contributed by atoms with E-state index in [0.717, 1.165) is 32.0 Å². The van der Waals surface area contributed by atoms with Crippen LogP contribution in [0.5, 0.6) is 0 Å². The molecule has 0 amide bonds. The van der Waals surface area contributed by atoms with E-state index in [-0.39, 0.29) is 5.56 Å². The Morgan fingerprint density at radius 1 is 1.45 bits per heavy atom. The summed E-state index contributed by atoms with van der Waals surface area (Å²) in [6, 6.07) is 4.09. The minimum atomic E-state index is -0.835. The second kappa shape index (κ2) is 6.61. The van der Waals surface area contributed by atoms with Crippen LogP contribution in [0.15, 0.2) is 18.2 Å². The number of piperidine rings is 1. The monoisotopic (exact) mass is 283 g/mol. The molecule has 0 aromatic heterocycles. The standard InChI is InChI=1S/C15H23F2N3/c1-19-8-4-5-11(9-19)20(2)10-14(18)12-6-3-7-13(16)15(12)17/h3,6-7,11,14H,4-5,8-10,18H2,1-2H3. The van der Waals surface area contributed by atoms with E-state index in [4.69, 9.17) is 5.73 Å². The first-order valence-corrected chi connectivity index (χ1v) is 7.07. The molecule has 0 bridgehead atoms. The van der Waals surface area contributed by atoms with Crippen molar-refractivity contribution in [3.05, 3.63) is 35.4 Å². The van der Waals surface area contributed by atoms with Gasteiger partial charge < -0.3 is 15.5 Å². The molecule has 1 aliphatic heterocycles. The van der Waals surface area contributed by atoms with Gasteiger partial charge in [0.2, 0.25) is 0 Å². The molecular weight excluding hydrogens is 260 g/mol. The lowest BCUT2D eigenvalue weighted by atomic mass is 10.0. The zero-order chi connectivity index (χ0) is 14.7. The maximum Gasteiger partial charge on any atom is 0.163 e. The van der Waals surface area contributed by atoms with Crippen LogP contribution in [0.1, 0.15) is 24.4 Å². The minimum absolute atomic E-state index is 0.251. The van der Waals surface area contributed by atoms with Crippen LogP contribution in [0.3, 0.4) is 0 Å². The fraction of sp³-hybridized carbons (Fsp3) is 0.600. The number of nitrogens with zero attached hydrogens (tertiary/aromatic N) is 2. The van der Waals surface area contributed by atoms with Gasteiger partial charge in [0, 0.05) is 30.7 Å². The van der Waals surface area contributed by atoms with E-state index in [1.54, 1.807) is 6.07 Å². The Morgan fingerprint density at radius 2 is 2.20 bits per heavy atom. The molecule has 2 N–H and O–H groups in total. The van der Waals surface area contributed by atoms with Crippen LogP contribution in [-0.2, 0) is 0 Å². The molecule has 2 rings (SSSR count). The van der Waals surface area contributed by atoms with Crippen molar-refractivity contribution in [1.82, 2.24) is 9.80 Å². The van der Waals surface area contributed by atoms with Crippen LogP contribution in [0.25, 0.3) is 0 Å². The molecule has 0 spiro atoms.